The minimum absolute atomic E-state index is 0.00706. The van der Waals surface area contributed by atoms with Crippen molar-refractivity contribution in [1.29, 1.82) is 0 Å². The molecule has 2 aliphatic rings. The van der Waals surface area contributed by atoms with Crippen LogP contribution in [0.15, 0.2) is 10.6 Å². The van der Waals surface area contributed by atoms with Crippen LogP contribution in [0.1, 0.15) is 81.0 Å². The molecule has 1 aliphatic carbocycles. The van der Waals surface area contributed by atoms with E-state index >= 15 is 0 Å². The minimum Gasteiger partial charge on any atom is -0.339 e. The number of likely N-dealkylation sites (tertiary alicyclic amines) is 1. The van der Waals surface area contributed by atoms with Gasteiger partial charge >= 0.3 is 0 Å². The molecule has 3 heterocycles. The van der Waals surface area contributed by atoms with Crippen molar-refractivity contribution in [2.45, 2.75) is 71.8 Å². The van der Waals surface area contributed by atoms with Crippen molar-refractivity contribution in [3.8, 4) is 0 Å². The Morgan fingerprint density at radius 2 is 1.88 bits per heavy atom. The first-order valence-corrected chi connectivity index (χ1v) is 13.4. The molecule has 0 aromatic carbocycles. The summed E-state index contributed by atoms with van der Waals surface area (Å²) in [5, 5.41) is 5.01. The lowest BCUT2D eigenvalue weighted by molar-refractivity contribution is 0.0682. The molecule has 0 atom stereocenters. The zero-order valence-electron chi connectivity index (χ0n) is 19.7. The highest BCUT2D eigenvalue weighted by Gasteiger charge is 2.34. The van der Waals surface area contributed by atoms with Gasteiger partial charge in [-0.05, 0) is 43.6 Å². The van der Waals surface area contributed by atoms with Crippen molar-refractivity contribution in [3.05, 3.63) is 23.0 Å². The molecule has 1 saturated carbocycles. The molecular formula is C23H34N4O4S. The molecule has 9 heteroatoms. The number of carbonyl (C=O) groups is 1. The maximum absolute atomic E-state index is 13.7. The number of carbonyl (C=O) groups excluding carboxylic acids is 1. The van der Waals surface area contributed by atoms with E-state index < -0.39 is 10.0 Å². The van der Waals surface area contributed by atoms with Crippen molar-refractivity contribution in [1.82, 2.24) is 19.3 Å². The highest BCUT2D eigenvalue weighted by atomic mass is 32.2. The van der Waals surface area contributed by atoms with E-state index in [1.807, 2.05) is 17.9 Å². The SMILES string of the molecule is CCN(C1CCN(C(=O)c2cc(C3CC3)nc3onc(CC(C)(C)C)c23)CC1)S(C)(=O)=O. The van der Waals surface area contributed by atoms with Crippen LogP contribution < -0.4 is 0 Å². The molecule has 0 bridgehead atoms. The molecule has 0 radical (unpaired) electrons. The van der Waals surface area contributed by atoms with Gasteiger partial charge in [-0.15, -0.1) is 0 Å². The number of sulfonamides is 1. The Morgan fingerprint density at radius 1 is 1.22 bits per heavy atom. The molecular weight excluding hydrogens is 428 g/mol. The van der Waals surface area contributed by atoms with Gasteiger partial charge in [0, 0.05) is 37.3 Å². The lowest BCUT2D eigenvalue weighted by Crippen LogP contribution is -2.48. The summed E-state index contributed by atoms with van der Waals surface area (Å²) in [5.74, 6) is 0.347. The second-order valence-corrected chi connectivity index (χ2v) is 12.3. The molecule has 2 fully saturated rings. The third-order valence-corrected chi connectivity index (χ3v) is 7.77. The van der Waals surface area contributed by atoms with Crippen molar-refractivity contribution >= 4 is 27.0 Å². The fraction of sp³-hybridized carbons (Fsp3) is 0.696. The third kappa shape index (κ3) is 4.83. The summed E-state index contributed by atoms with van der Waals surface area (Å²) in [5.41, 5.74) is 2.73. The lowest BCUT2D eigenvalue weighted by atomic mass is 9.89. The Kier molecular flexibility index (Phi) is 6.09. The van der Waals surface area contributed by atoms with Crippen molar-refractivity contribution in [3.63, 3.8) is 0 Å². The molecule has 0 unspecified atom stereocenters. The Balaban J connectivity index is 1.62. The van der Waals surface area contributed by atoms with E-state index in [9.17, 15) is 13.2 Å². The predicted molar refractivity (Wildman–Crippen MR) is 123 cm³/mol. The van der Waals surface area contributed by atoms with E-state index in [1.54, 1.807) is 4.31 Å². The molecule has 176 valence electrons. The van der Waals surface area contributed by atoms with Gasteiger partial charge in [0.2, 0.25) is 10.0 Å². The Morgan fingerprint density at radius 3 is 2.41 bits per heavy atom. The molecule has 1 aliphatic heterocycles. The van der Waals surface area contributed by atoms with Gasteiger partial charge in [0.25, 0.3) is 11.6 Å². The summed E-state index contributed by atoms with van der Waals surface area (Å²) in [7, 11) is -3.26. The fourth-order valence-corrected chi connectivity index (χ4v) is 5.92. The average Bonchev–Trinajstić information content (AvgIpc) is 3.48. The predicted octanol–water partition coefficient (Wildman–Crippen LogP) is 3.57. The normalized spacial score (nSPS) is 18.6. The first kappa shape index (κ1) is 23.2. The summed E-state index contributed by atoms with van der Waals surface area (Å²) in [4.78, 5) is 20.2. The number of amides is 1. The maximum Gasteiger partial charge on any atom is 0.259 e. The lowest BCUT2D eigenvalue weighted by Gasteiger charge is -2.37. The summed E-state index contributed by atoms with van der Waals surface area (Å²) in [6, 6.07) is 1.87. The van der Waals surface area contributed by atoms with E-state index in [2.05, 4.69) is 30.9 Å². The number of piperidine rings is 1. The van der Waals surface area contributed by atoms with Gasteiger partial charge in [-0.25, -0.2) is 13.4 Å². The monoisotopic (exact) mass is 462 g/mol. The Bertz CT molecular complexity index is 1110. The fourth-order valence-electron chi connectivity index (χ4n) is 4.70. The molecule has 1 amide bonds. The zero-order chi connectivity index (χ0) is 23.3. The van der Waals surface area contributed by atoms with Crippen LogP contribution in [0.5, 0.6) is 0 Å². The quantitative estimate of drug-likeness (QED) is 0.651. The summed E-state index contributed by atoms with van der Waals surface area (Å²) in [6.45, 7) is 9.75. The van der Waals surface area contributed by atoms with Gasteiger partial charge in [0.1, 0.15) is 0 Å². The van der Waals surface area contributed by atoms with Crippen LogP contribution in [0.2, 0.25) is 0 Å². The standard InChI is InChI=1S/C23H34N4O4S/c1-6-27(32(5,29)30)16-9-11-26(12-10-16)22(28)17-13-18(15-7-8-15)24-21-20(17)19(25-31-21)14-23(2,3)4/h13,15-16H,6-12,14H2,1-5H3. The number of rotatable bonds is 6. The molecule has 1 saturated heterocycles. The number of hydrogen-bond acceptors (Lipinski definition) is 6. The molecule has 2 aromatic heterocycles. The maximum atomic E-state index is 13.7. The number of nitrogens with zero attached hydrogens (tertiary/aromatic N) is 4. The average molecular weight is 463 g/mol. The van der Waals surface area contributed by atoms with E-state index in [1.165, 1.54) is 6.26 Å². The van der Waals surface area contributed by atoms with Crippen LogP contribution in [-0.4, -0.2) is 65.6 Å². The summed E-state index contributed by atoms with van der Waals surface area (Å²) >= 11 is 0. The molecule has 8 nitrogen and oxygen atoms in total. The number of pyridine rings is 1. The van der Waals surface area contributed by atoms with Gasteiger partial charge in [0.05, 0.1) is 22.9 Å². The van der Waals surface area contributed by atoms with Gasteiger partial charge in [0.15, 0.2) is 0 Å². The molecule has 0 spiro atoms. The van der Waals surface area contributed by atoms with Crippen LogP contribution in [-0.2, 0) is 16.4 Å². The van der Waals surface area contributed by atoms with Crippen molar-refractivity contribution in [2.75, 3.05) is 25.9 Å². The van der Waals surface area contributed by atoms with Gasteiger partial charge in [-0.2, -0.15) is 4.31 Å². The van der Waals surface area contributed by atoms with E-state index in [-0.39, 0.29) is 17.4 Å². The van der Waals surface area contributed by atoms with Crippen molar-refractivity contribution in [2.24, 2.45) is 5.41 Å². The summed E-state index contributed by atoms with van der Waals surface area (Å²) < 4.78 is 31.3. The Hall–Kier alpha value is -2.00. The smallest absolute Gasteiger partial charge is 0.259 e. The van der Waals surface area contributed by atoms with Crippen molar-refractivity contribution < 1.29 is 17.7 Å². The largest absolute Gasteiger partial charge is 0.339 e. The first-order valence-electron chi connectivity index (χ1n) is 11.5. The second-order valence-electron chi connectivity index (χ2n) is 10.4. The van der Waals surface area contributed by atoms with Crippen LogP contribution in [0.3, 0.4) is 0 Å². The van der Waals surface area contributed by atoms with E-state index in [0.717, 1.165) is 29.6 Å². The number of fused-ring (bicyclic) bond motifs is 1. The second kappa shape index (κ2) is 8.41. The van der Waals surface area contributed by atoms with Crippen LogP contribution >= 0.6 is 0 Å². The van der Waals surface area contributed by atoms with E-state index in [4.69, 9.17) is 4.52 Å². The topological polar surface area (TPSA) is 96.6 Å². The van der Waals surface area contributed by atoms with Crippen LogP contribution in [0.25, 0.3) is 11.1 Å². The highest BCUT2D eigenvalue weighted by molar-refractivity contribution is 7.88. The van der Waals surface area contributed by atoms with Crippen LogP contribution in [0, 0.1) is 5.41 Å². The van der Waals surface area contributed by atoms with Gasteiger partial charge in [-0.1, -0.05) is 32.9 Å². The molecule has 32 heavy (non-hydrogen) atoms. The van der Waals surface area contributed by atoms with Gasteiger partial charge < -0.3 is 9.42 Å². The first-order chi connectivity index (χ1) is 15.0. The molecule has 0 N–H and O–H groups in total. The molecule has 4 rings (SSSR count). The molecule has 2 aromatic rings. The van der Waals surface area contributed by atoms with E-state index in [0.29, 0.717) is 56.1 Å². The van der Waals surface area contributed by atoms with Gasteiger partial charge in [-0.3, -0.25) is 4.79 Å². The number of hydrogen-bond donors (Lipinski definition) is 0. The zero-order valence-corrected chi connectivity index (χ0v) is 20.5. The third-order valence-electron chi connectivity index (χ3n) is 6.36. The van der Waals surface area contributed by atoms with Crippen LogP contribution in [0.4, 0.5) is 0 Å². The number of aromatic nitrogens is 2. The highest BCUT2D eigenvalue weighted by Crippen LogP contribution is 2.41. The Labute approximate surface area is 190 Å². The minimum atomic E-state index is -3.26. The summed E-state index contributed by atoms with van der Waals surface area (Å²) in [6.07, 6.45) is 5.37.